The number of anilines is 1. The van der Waals surface area contributed by atoms with Gasteiger partial charge in [0.2, 0.25) is 0 Å². The first-order valence-electron chi connectivity index (χ1n) is 8.84. The van der Waals surface area contributed by atoms with Crippen LogP contribution in [-0.2, 0) is 11.2 Å². The molecule has 144 valence electrons. The van der Waals surface area contributed by atoms with E-state index in [-0.39, 0.29) is 18.8 Å². The second kappa shape index (κ2) is 7.05. The van der Waals surface area contributed by atoms with Gasteiger partial charge in [0.15, 0.2) is 6.23 Å². The number of aryl methyl sites for hydroxylation is 1. The molecule has 2 aromatic rings. The highest BCUT2D eigenvalue weighted by atomic mass is 32.3. The summed E-state index contributed by atoms with van der Waals surface area (Å²) in [6.45, 7) is 0. The van der Waals surface area contributed by atoms with Crippen LogP contribution in [0.25, 0.3) is 0 Å². The molecule has 2 unspecified atom stereocenters. The monoisotopic (exact) mass is 390 g/mol. The fourth-order valence-electron chi connectivity index (χ4n) is 3.64. The summed E-state index contributed by atoms with van der Waals surface area (Å²) in [7, 11) is -3.01. The molecule has 0 saturated carbocycles. The third-order valence-electron chi connectivity index (χ3n) is 4.91. The number of para-hydroxylation sites is 1. The lowest BCUT2D eigenvalue weighted by atomic mass is 10.1. The lowest BCUT2D eigenvalue weighted by molar-refractivity contribution is -0.136. The van der Waals surface area contributed by atoms with Gasteiger partial charge in [0.25, 0.3) is 0 Å². The van der Waals surface area contributed by atoms with Crippen molar-refractivity contribution in [3.05, 3.63) is 54.1 Å². The summed E-state index contributed by atoms with van der Waals surface area (Å²) in [5.74, 6) is -0.107. The Labute approximate surface area is 159 Å². The molecule has 1 saturated heterocycles. The lowest BCUT2D eigenvalue weighted by Gasteiger charge is -2.47. The van der Waals surface area contributed by atoms with Crippen molar-refractivity contribution in [3.63, 3.8) is 0 Å². The molecular weight excluding hydrogens is 368 g/mol. The fourth-order valence-corrected chi connectivity index (χ4v) is 5.11. The van der Waals surface area contributed by atoms with Crippen LogP contribution < -0.4 is 14.4 Å². The van der Waals surface area contributed by atoms with Gasteiger partial charge >= 0.3 is 5.97 Å². The highest BCUT2D eigenvalue weighted by Gasteiger charge is 2.43. The van der Waals surface area contributed by atoms with E-state index in [1.807, 2.05) is 36.4 Å². The Morgan fingerprint density at radius 1 is 1.15 bits per heavy atom. The van der Waals surface area contributed by atoms with Crippen molar-refractivity contribution >= 4 is 22.4 Å². The van der Waals surface area contributed by atoms with Crippen molar-refractivity contribution in [1.29, 1.82) is 0 Å². The molecule has 1 fully saturated rings. The molecular formula is C19H22N2O5S. The van der Waals surface area contributed by atoms with Crippen LogP contribution in [0.3, 0.4) is 0 Å². The standard InChI is InChI=1S/C19H22N2O5S/c22-19(23)12-7-13-5-8-14(9-6-13)26-18-11-10-17-20-27(24,25)16-4-2-1-3-15(16)21(17)18/h1-6,8-9,17-18,20,24-25H,7,10-12H2,(H,22,23). The fraction of sp³-hybridized carbons (Fsp3) is 0.316. The molecule has 0 radical (unpaired) electrons. The zero-order valence-corrected chi connectivity index (χ0v) is 15.4. The Morgan fingerprint density at radius 3 is 2.63 bits per heavy atom. The predicted octanol–water partition coefficient (Wildman–Crippen LogP) is 3.66. The van der Waals surface area contributed by atoms with Crippen LogP contribution in [0, 0.1) is 0 Å². The Kier molecular flexibility index (Phi) is 4.73. The zero-order chi connectivity index (χ0) is 19.0. The van der Waals surface area contributed by atoms with Crippen molar-refractivity contribution in [2.24, 2.45) is 0 Å². The third-order valence-corrected chi connectivity index (χ3v) is 6.47. The van der Waals surface area contributed by atoms with Gasteiger partial charge in [-0.2, -0.15) is 4.72 Å². The smallest absolute Gasteiger partial charge is 0.303 e. The van der Waals surface area contributed by atoms with E-state index in [0.29, 0.717) is 17.1 Å². The minimum absolute atomic E-state index is 0.104. The van der Waals surface area contributed by atoms with Gasteiger partial charge in [-0.25, -0.2) is 0 Å². The summed E-state index contributed by atoms with van der Waals surface area (Å²) in [6, 6.07) is 14.7. The number of carboxylic acids is 1. The van der Waals surface area contributed by atoms with Crippen LogP contribution in [0.5, 0.6) is 5.75 Å². The minimum Gasteiger partial charge on any atom is -0.481 e. The molecule has 0 amide bonds. The number of carboxylic acid groups (broad SMARTS) is 1. The molecule has 4 N–H and O–H groups in total. The van der Waals surface area contributed by atoms with Crippen molar-refractivity contribution in [2.45, 2.75) is 43.0 Å². The van der Waals surface area contributed by atoms with E-state index in [1.54, 1.807) is 12.1 Å². The number of aliphatic carboxylic acids is 1. The van der Waals surface area contributed by atoms with Crippen molar-refractivity contribution < 1.29 is 23.7 Å². The molecule has 4 rings (SSSR count). The van der Waals surface area contributed by atoms with E-state index in [2.05, 4.69) is 9.62 Å². The Hall–Kier alpha value is -2.26. The molecule has 2 atom stereocenters. The van der Waals surface area contributed by atoms with E-state index in [9.17, 15) is 13.9 Å². The van der Waals surface area contributed by atoms with Gasteiger partial charge in [-0.1, -0.05) is 24.3 Å². The van der Waals surface area contributed by atoms with Crippen LogP contribution in [0.1, 0.15) is 24.8 Å². The molecule has 8 heteroatoms. The average Bonchev–Trinajstić information content (AvgIpc) is 3.03. The number of benzene rings is 2. The number of rotatable bonds is 5. The number of fused-ring (bicyclic) bond motifs is 3. The third kappa shape index (κ3) is 3.61. The van der Waals surface area contributed by atoms with Crippen molar-refractivity contribution in [3.8, 4) is 5.75 Å². The van der Waals surface area contributed by atoms with Crippen LogP contribution in [-0.4, -0.2) is 32.6 Å². The van der Waals surface area contributed by atoms with Gasteiger partial charge < -0.3 is 14.7 Å². The lowest BCUT2D eigenvalue weighted by Crippen LogP contribution is -2.51. The number of nitrogens with zero attached hydrogens (tertiary/aromatic N) is 1. The highest BCUT2D eigenvalue weighted by molar-refractivity contribution is 8.22. The summed E-state index contributed by atoms with van der Waals surface area (Å²) in [5.41, 5.74) is 1.73. The van der Waals surface area contributed by atoms with Crippen molar-refractivity contribution in [2.75, 3.05) is 4.90 Å². The Morgan fingerprint density at radius 2 is 1.89 bits per heavy atom. The van der Waals surface area contributed by atoms with Crippen LogP contribution in [0.15, 0.2) is 53.4 Å². The molecule has 0 aliphatic carbocycles. The van der Waals surface area contributed by atoms with Gasteiger partial charge in [-0.3, -0.25) is 13.9 Å². The highest BCUT2D eigenvalue weighted by Crippen LogP contribution is 2.55. The second-order valence-corrected chi connectivity index (χ2v) is 8.52. The maximum atomic E-state index is 10.7. The Bertz CT molecular complexity index is 842. The first kappa shape index (κ1) is 18.1. The molecule has 2 aliphatic heterocycles. The van der Waals surface area contributed by atoms with E-state index in [4.69, 9.17) is 9.84 Å². The summed E-state index contributed by atoms with van der Waals surface area (Å²) in [5, 5.41) is 8.78. The normalized spacial score (nSPS) is 24.0. The number of hydrogen-bond donors (Lipinski definition) is 4. The number of hydrogen-bond acceptors (Lipinski definition) is 6. The number of nitrogens with one attached hydrogen (secondary N) is 1. The van der Waals surface area contributed by atoms with Crippen LogP contribution >= 0.6 is 10.8 Å². The van der Waals surface area contributed by atoms with Crippen LogP contribution in [0.2, 0.25) is 0 Å². The average molecular weight is 390 g/mol. The largest absolute Gasteiger partial charge is 0.481 e. The summed E-state index contributed by atoms with van der Waals surface area (Å²) in [4.78, 5) is 13.2. The topological polar surface area (TPSA) is 102 Å². The Balaban J connectivity index is 1.52. The molecule has 0 aromatic heterocycles. The summed E-state index contributed by atoms with van der Waals surface area (Å²) < 4.78 is 29.9. The van der Waals surface area contributed by atoms with Gasteiger partial charge in [0.1, 0.15) is 11.9 Å². The molecule has 2 heterocycles. The maximum Gasteiger partial charge on any atom is 0.303 e. The number of ether oxygens (including phenoxy) is 1. The molecule has 2 aromatic carbocycles. The molecule has 0 spiro atoms. The molecule has 2 aliphatic rings. The van der Waals surface area contributed by atoms with Gasteiger partial charge in [-0.15, -0.1) is 10.8 Å². The number of carbonyl (C=O) groups is 1. The molecule has 7 nitrogen and oxygen atoms in total. The summed E-state index contributed by atoms with van der Waals surface area (Å²) in [6.07, 6.45) is 1.68. The maximum absolute atomic E-state index is 10.7. The predicted molar refractivity (Wildman–Crippen MR) is 103 cm³/mol. The summed E-state index contributed by atoms with van der Waals surface area (Å²) >= 11 is 0. The molecule has 0 bridgehead atoms. The van der Waals surface area contributed by atoms with E-state index < -0.39 is 16.7 Å². The zero-order valence-electron chi connectivity index (χ0n) is 14.6. The van der Waals surface area contributed by atoms with Crippen molar-refractivity contribution in [1.82, 2.24) is 4.72 Å². The quantitative estimate of drug-likeness (QED) is 0.618. The van der Waals surface area contributed by atoms with Crippen LogP contribution in [0.4, 0.5) is 5.69 Å². The second-order valence-electron chi connectivity index (χ2n) is 6.75. The van der Waals surface area contributed by atoms with Gasteiger partial charge in [-0.05, 0) is 42.7 Å². The first-order chi connectivity index (χ1) is 12.9. The minimum atomic E-state index is -3.01. The van der Waals surface area contributed by atoms with Gasteiger partial charge in [0, 0.05) is 12.8 Å². The van der Waals surface area contributed by atoms with E-state index in [0.717, 1.165) is 24.1 Å². The van der Waals surface area contributed by atoms with Gasteiger partial charge in [0.05, 0.1) is 10.6 Å². The van der Waals surface area contributed by atoms with E-state index in [1.165, 1.54) is 0 Å². The first-order valence-corrected chi connectivity index (χ1v) is 10.4. The molecule has 27 heavy (non-hydrogen) atoms. The SMILES string of the molecule is O=C(O)CCc1ccc(OC2CCC3NS(O)(O)c4ccccc4N32)cc1. The van der Waals surface area contributed by atoms with E-state index >= 15 is 0 Å².